The van der Waals surface area contributed by atoms with Gasteiger partial charge < -0.3 is 4.98 Å². The summed E-state index contributed by atoms with van der Waals surface area (Å²) in [6.07, 6.45) is -4.14. The normalized spacial score (nSPS) is 14.6. The van der Waals surface area contributed by atoms with Crippen LogP contribution in [0.3, 0.4) is 0 Å². The molecule has 2 aromatic carbocycles. The molecule has 2 heterocycles. The van der Waals surface area contributed by atoms with Crippen molar-refractivity contribution in [3.8, 4) is 11.4 Å². The van der Waals surface area contributed by atoms with Crippen LogP contribution in [0.1, 0.15) is 22.4 Å². The SMILES string of the molecule is O=c1[nH]c(-c2ccccc2)nc2c1CCN(Cc1ccc(C(F)(F)F)cc1F)C2. The zero-order chi connectivity index (χ0) is 20.6. The summed E-state index contributed by atoms with van der Waals surface area (Å²) in [7, 11) is 0. The number of benzene rings is 2. The molecule has 3 aromatic rings. The van der Waals surface area contributed by atoms with Gasteiger partial charge in [-0.05, 0) is 18.6 Å². The van der Waals surface area contributed by atoms with Crippen LogP contribution in [-0.4, -0.2) is 21.4 Å². The van der Waals surface area contributed by atoms with Crippen LogP contribution in [0.2, 0.25) is 0 Å². The van der Waals surface area contributed by atoms with Gasteiger partial charge in [-0.25, -0.2) is 9.37 Å². The molecule has 150 valence electrons. The van der Waals surface area contributed by atoms with Crippen LogP contribution >= 0.6 is 0 Å². The Bertz CT molecular complexity index is 1090. The van der Waals surface area contributed by atoms with E-state index in [1.807, 2.05) is 35.2 Å². The molecule has 8 heteroatoms. The molecule has 0 amide bonds. The lowest BCUT2D eigenvalue weighted by Gasteiger charge is -2.28. The van der Waals surface area contributed by atoms with Gasteiger partial charge in [-0.15, -0.1) is 0 Å². The summed E-state index contributed by atoms with van der Waals surface area (Å²) in [6.45, 7) is 0.945. The minimum atomic E-state index is -4.58. The lowest BCUT2D eigenvalue weighted by Crippen LogP contribution is -2.35. The van der Waals surface area contributed by atoms with Crippen molar-refractivity contribution in [2.24, 2.45) is 0 Å². The summed E-state index contributed by atoms with van der Waals surface area (Å²) in [5, 5.41) is 0. The van der Waals surface area contributed by atoms with Crippen LogP contribution in [0.4, 0.5) is 17.6 Å². The Hall–Kier alpha value is -3.00. The highest BCUT2D eigenvalue weighted by atomic mass is 19.4. The van der Waals surface area contributed by atoms with Crippen LogP contribution in [0.5, 0.6) is 0 Å². The van der Waals surface area contributed by atoms with E-state index in [9.17, 15) is 22.4 Å². The maximum atomic E-state index is 14.2. The van der Waals surface area contributed by atoms with Gasteiger partial charge in [-0.2, -0.15) is 13.2 Å². The van der Waals surface area contributed by atoms with E-state index in [1.165, 1.54) is 0 Å². The van der Waals surface area contributed by atoms with Crippen molar-refractivity contribution in [1.29, 1.82) is 0 Å². The average molecular weight is 403 g/mol. The second-order valence-electron chi connectivity index (χ2n) is 6.97. The molecule has 4 nitrogen and oxygen atoms in total. The standard InChI is InChI=1S/C21H17F4N3O/c22-17-10-15(21(23,24)25)7-6-14(17)11-28-9-8-16-18(12-28)26-19(27-20(16)29)13-4-2-1-3-5-13/h1-7,10H,8-9,11-12H2,(H,26,27,29). The quantitative estimate of drug-likeness (QED) is 0.669. The molecular formula is C21H17F4N3O. The summed E-state index contributed by atoms with van der Waals surface area (Å²) in [5.41, 5.74) is 0.936. The van der Waals surface area contributed by atoms with Gasteiger partial charge in [0, 0.05) is 36.3 Å². The van der Waals surface area contributed by atoms with E-state index in [4.69, 9.17) is 0 Å². The summed E-state index contributed by atoms with van der Waals surface area (Å²) >= 11 is 0. The molecule has 1 aliphatic heterocycles. The molecule has 1 N–H and O–H groups in total. The number of aromatic nitrogens is 2. The van der Waals surface area contributed by atoms with Gasteiger partial charge >= 0.3 is 6.18 Å². The number of alkyl halides is 3. The van der Waals surface area contributed by atoms with E-state index in [1.54, 1.807) is 0 Å². The Morgan fingerprint density at radius 2 is 1.86 bits per heavy atom. The first-order valence-corrected chi connectivity index (χ1v) is 9.07. The van der Waals surface area contributed by atoms with Crippen molar-refractivity contribution in [2.45, 2.75) is 25.7 Å². The van der Waals surface area contributed by atoms with Crippen molar-refractivity contribution in [1.82, 2.24) is 14.9 Å². The van der Waals surface area contributed by atoms with Crippen LogP contribution in [0, 0.1) is 5.82 Å². The van der Waals surface area contributed by atoms with Gasteiger partial charge in [0.25, 0.3) is 5.56 Å². The summed E-state index contributed by atoms with van der Waals surface area (Å²) < 4.78 is 52.3. The second kappa shape index (κ2) is 7.44. The molecule has 1 aliphatic rings. The first-order valence-electron chi connectivity index (χ1n) is 9.07. The molecule has 29 heavy (non-hydrogen) atoms. The minimum absolute atomic E-state index is 0.137. The fourth-order valence-corrected chi connectivity index (χ4v) is 3.45. The van der Waals surface area contributed by atoms with Crippen LogP contribution in [-0.2, 0) is 25.7 Å². The highest BCUT2D eigenvalue weighted by molar-refractivity contribution is 5.54. The Kier molecular flexibility index (Phi) is 4.96. The van der Waals surface area contributed by atoms with Crippen molar-refractivity contribution < 1.29 is 17.6 Å². The lowest BCUT2D eigenvalue weighted by molar-refractivity contribution is -0.137. The number of hydrogen-bond acceptors (Lipinski definition) is 3. The third-order valence-electron chi connectivity index (χ3n) is 4.97. The number of halogens is 4. The summed E-state index contributed by atoms with van der Waals surface area (Å²) in [4.78, 5) is 21.7. The second-order valence-corrected chi connectivity index (χ2v) is 6.97. The fourth-order valence-electron chi connectivity index (χ4n) is 3.45. The van der Waals surface area contributed by atoms with E-state index in [0.717, 1.165) is 17.7 Å². The first-order chi connectivity index (χ1) is 13.8. The number of fused-ring (bicyclic) bond motifs is 1. The summed E-state index contributed by atoms with van der Waals surface area (Å²) in [6, 6.07) is 11.8. The van der Waals surface area contributed by atoms with Gasteiger partial charge in [-0.3, -0.25) is 9.69 Å². The maximum Gasteiger partial charge on any atom is 0.416 e. The van der Waals surface area contributed by atoms with Gasteiger partial charge in [0.2, 0.25) is 0 Å². The molecule has 0 fully saturated rings. The number of hydrogen-bond donors (Lipinski definition) is 1. The lowest BCUT2D eigenvalue weighted by atomic mass is 10.0. The number of nitrogens with zero attached hydrogens (tertiary/aromatic N) is 2. The van der Waals surface area contributed by atoms with Crippen LogP contribution in [0.25, 0.3) is 11.4 Å². The number of aromatic amines is 1. The number of nitrogens with one attached hydrogen (secondary N) is 1. The molecule has 4 rings (SSSR count). The number of H-pyrrole nitrogens is 1. The fraction of sp³-hybridized carbons (Fsp3) is 0.238. The van der Waals surface area contributed by atoms with Crippen LogP contribution < -0.4 is 5.56 Å². The highest BCUT2D eigenvalue weighted by Crippen LogP contribution is 2.30. The topological polar surface area (TPSA) is 49.0 Å². The maximum absolute atomic E-state index is 14.2. The van der Waals surface area contributed by atoms with Gasteiger partial charge in [0.1, 0.15) is 11.6 Å². The Morgan fingerprint density at radius 1 is 1.10 bits per heavy atom. The number of rotatable bonds is 3. The predicted octanol–water partition coefficient (Wildman–Crippen LogP) is 4.15. The minimum Gasteiger partial charge on any atom is -0.306 e. The molecular weight excluding hydrogens is 386 g/mol. The molecule has 0 atom stereocenters. The third-order valence-corrected chi connectivity index (χ3v) is 4.97. The highest BCUT2D eigenvalue weighted by Gasteiger charge is 2.31. The smallest absolute Gasteiger partial charge is 0.306 e. The molecule has 0 radical (unpaired) electrons. The van der Waals surface area contributed by atoms with E-state index >= 15 is 0 Å². The molecule has 0 bridgehead atoms. The largest absolute Gasteiger partial charge is 0.416 e. The Labute approximate surface area is 163 Å². The van der Waals surface area contributed by atoms with Crippen LogP contribution in [0.15, 0.2) is 53.3 Å². The van der Waals surface area contributed by atoms with Crippen molar-refractivity contribution in [3.63, 3.8) is 0 Å². The van der Waals surface area contributed by atoms with Gasteiger partial charge in [0.15, 0.2) is 0 Å². The van der Waals surface area contributed by atoms with E-state index in [2.05, 4.69) is 9.97 Å². The molecule has 1 aromatic heterocycles. The Morgan fingerprint density at radius 3 is 2.55 bits per heavy atom. The van der Waals surface area contributed by atoms with Crippen molar-refractivity contribution in [3.05, 3.63) is 87.1 Å². The molecule has 0 aliphatic carbocycles. The zero-order valence-corrected chi connectivity index (χ0v) is 15.3. The predicted molar refractivity (Wildman–Crippen MR) is 99.5 cm³/mol. The zero-order valence-electron chi connectivity index (χ0n) is 15.3. The average Bonchev–Trinajstić information content (AvgIpc) is 2.69. The van der Waals surface area contributed by atoms with E-state index in [0.29, 0.717) is 42.7 Å². The van der Waals surface area contributed by atoms with Crippen molar-refractivity contribution in [2.75, 3.05) is 6.54 Å². The molecule has 0 unspecified atom stereocenters. The molecule has 0 spiro atoms. The Balaban J connectivity index is 1.57. The molecule has 0 saturated heterocycles. The third kappa shape index (κ3) is 4.07. The summed E-state index contributed by atoms with van der Waals surface area (Å²) in [5.74, 6) is -0.439. The van der Waals surface area contributed by atoms with E-state index < -0.39 is 17.6 Å². The van der Waals surface area contributed by atoms with Gasteiger partial charge in [-0.1, -0.05) is 36.4 Å². The van der Waals surface area contributed by atoms with E-state index in [-0.39, 0.29) is 17.7 Å². The van der Waals surface area contributed by atoms with Gasteiger partial charge in [0.05, 0.1) is 11.3 Å². The monoisotopic (exact) mass is 403 g/mol. The first kappa shape index (κ1) is 19.3. The molecule has 0 saturated carbocycles. The van der Waals surface area contributed by atoms with Crippen molar-refractivity contribution >= 4 is 0 Å².